The van der Waals surface area contributed by atoms with Gasteiger partial charge in [0.05, 0.1) is 12.7 Å². The van der Waals surface area contributed by atoms with Crippen molar-refractivity contribution < 1.29 is 24.2 Å². The number of ether oxygens (including phenoxy) is 1. The van der Waals surface area contributed by atoms with Crippen LogP contribution in [0.25, 0.3) is 11.1 Å². The zero-order chi connectivity index (χ0) is 24.4. The van der Waals surface area contributed by atoms with Crippen LogP contribution in [0.4, 0.5) is 4.79 Å². The molecular formula is C26H25N3O5S. The molecule has 1 fully saturated rings. The SMILES string of the molecule is O=C(O)CCC1CN(C(=O)c2cnc(CNC(=O)OCC3c4ccccc4-c4ccccc43)s2)C1. The summed E-state index contributed by atoms with van der Waals surface area (Å²) >= 11 is 1.24. The first-order valence-corrected chi connectivity index (χ1v) is 12.4. The first-order chi connectivity index (χ1) is 17.0. The van der Waals surface area contributed by atoms with E-state index in [0.717, 1.165) is 11.1 Å². The highest BCUT2D eigenvalue weighted by molar-refractivity contribution is 7.13. The minimum Gasteiger partial charge on any atom is -0.481 e. The molecule has 2 aliphatic rings. The Balaban J connectivity index is 1.10. The number of carbonyl (C=O) groups is 3. The second kappa shape index (κ2) is 9.87. The van der Waals surface area contributed by atoms with Crippen molar-refractivity contribution in [2.24, 2.45) is 5.92 Å². The molecule has 1 aliphatic heterocycles. The minimum absolute atomic E-state index is 0.00640. The number of carboxylic acids is 1. The Morgan fingerprint density at radius 3 is 2.37 bits per heavy atom. The summed E-state index contributed by atoms with van der Waals surface area (Å²) in [5.41, 5.74) is 4.65. The highest BCUT2D eigenvalue weighted by atomic mass is 32.1. The third kappa shape index (κ3) is 4.90. The van der Waals surface area contributed by atoms with Crippen LogP contribution in [0, 0.1) is 5.92 Å². The quantitative estimate of drug-likeness (QED) is 0.491. The van der Waals surface area contributed by atoms with Crippen molar-refractivity contribution in [1.82, 2.24) is 15.2 Å². The molecule has 3 aromatic rings. The summed E-state index contributed by atoms with van der Waals surface area (Å²) in [4.78, 5) is 42.1. The van der Waals surface area contributed by atoms with Crippen LogP contribution < -0.4 is 5.32 Å². The summed E-state index contributed by atoms with van der Waals surface area (Å²) in [5, 5.41) is 12.1. The largest absolute Gasteiger partial charge is 0.481 e. The fourth-order valence-electron chi connectivity index (χ4n) is 4.69. The minimum atomic E-state index is -0.814. The number of nitrogens with one attached hydrogen (secondary N) is 1. The lowest BCUT2D eigenvalue weighted by Crippen LogP contribution is -2.49. The first-order valence-electron chi connectivity index (χ1n) is 11.5. The number of rotatable bonds is 8. The highest BCUT2D eigenvalue weighted by Gasteiger charge is 2.32. The van der Waals surface area contributed by atoms with Gasteiger partial charge < -0.3 is 20.1 Å². The number of thiazole rings is 1. The van der Waals surface area contributed by atoms with Gasteiger partial charge in [-0.15, -0.1) is 11.3 Å². The van der Waals surface area contributed by atoms with Crippen LogP contribution >= 0.6 is 11.3 Å². The summed E-state index contributed by atoms with van der Waals surface area (Å²) in [6.45, 7) is 1.55. The van der Waals surface area contributed by atoms with Crippen LogP contribution in [0.2, 0.25) is 0 Å². The van der Waals surface area contributed by atoms with Gasteiger partial charge in [0.1, 0.15) is 16.5 Å². The van der Waals surface area contributed by atoms with Crippen LogP contribution in [0.5, 0.6) is 0 Å². The predicted molar refractivity (Wildman–Crippen MR) is 130 cm³/mol. The maximum absolute atomic E-state index is 12.6. The van der Waals surface area contributed by atoms with Gasteiger partial charge in [0.15, 0.2) is 0 Å². The van der Waals surface area contributed by atoms with E-state index in [1.54, 1.807) is 4.90 Å². The predicted octanol–water partition coefficient (Wildman–Crippen LogP) is 4.12. The maximum Gasteiger partial charge on any atom is 0.407 e. The number of benzene rings is 2. The number of fused-ring (bicyclic) bond motifs is 3. The van der Waals surface area contributed by atoms with E-state index in [1.165, 1.54) is 28.7 Å². The molecule has 9 heteroatoms. The lowest BCUT2D eigenvalue weighted by atomic mass is 9.94. The van der Waals surface area contributed by atoms with Crippen molar-refractivity contribution in [3.05, 3.63) is 75.7 Å². The smallest absolute Gasteiger partial charge is 0.407 e. The van der Waals surface area contributed by atoms with Crippen LogP contribution in [-0.4, -0.2) is 52.7 Å². The number of hydrogen-bond acceptors (Lipinski definition) is 6. The number of amides is 2. The number of aromatic nitrogens is 1. The molecule has 2 N–H and O–H groups in total. The van der Waals surface area contributed by atoms with Gasteiger partial charge in [-0.25, -0.2) is 9.78 Å². The lowest BCUT2D eigenvalue weighted by molar-refractivity contribution is -0.137. The van der Waals surface area contributed by atoms with Crippen LogP contribution in [0.3, 0.4) is 0 Å². The standard InChI is InChI=1S/C26H25N3O5S/c30-24(31)10-9-16-13-29(14-16)25(32)22-11-27-23(35-22)12-28-26(33)34-15-21-19-7-3-1-5-17(19)18-6-2-4-8-20(18)21/h1-8,11,16,21H,9-10,12-15H2,(H,28,33)(H,30,31). The van der Waals surface area contributed by atoms with Gasteiger partial charge in [0.25, 0.3) is 5.91 Å². The lowest BCUT2D eigenvalue weighted by Gasteiger charge is -2.38. The van der Waals surface area contributed by atoms with E-state index in [9.17, 15) is 14.4 Å². The third-order valence-electron chi connectivity index (χ3n) is 6.50. The Hall–Kier alpha value is -3.72. The molecule has 2 heterocycles. The average molecular weight is 492 g/mol. The molecule has 8 nitrogen and oxygen atoms in total. The van der Waals surface area contributed by atoms with Crippen molar-refractivity contribution in [3.63, 3.8) is 0 Å². The zero-order valence-electron chi connectivity index (χ0n) is 19.0. The Kier molecular flexibility index (Phi) is 6.50. The summed E-state index contributed by atoms with van der Waals surface area (Å²) in [7, 11) is 0. The maximum atomic E-state index is 12.6. The van der Waals surface area contributed by atoms with Gasteiger partial charge in [-0.3, -0.25) is 9.59 Å². The molecular weight excluding hydrogens is 466 g/mol. The molecule has 1 saturated heterocycles. The van der Waals surface area contributed by atoms with Gasteiger partial charge in [0.2, 0.25) is 0 Å². The van der Waals surface area contributed by atoms with Crippen LogP contribution in [-0.2, 0) is 16.1 Å². The van der Waals surface area contributed by atoms with Crippen molar-refractivity contribution in [3.8, 4) is 11.1 Å². The summed E-state index contributed by atoms with van der Waals surface area (Å²) in [5.74, 6) is -0.696. The fourth-order valence-corrected chi connectivity index (χ4v) is 5.52. The molecule has 2 amide bonds. The van der Waals surface area contributed by atoms with Gasteiger partial charge >= 0.3 is 12.1 Å². The first kappa shape index (κ1) is 23.0. The summed E-state index contributed by atoms with van der Waals surface area (Å²) in [6, 6.07) is 16.3. The Labute approximate surface area is 206 Å². The third-order valence-corrected chi connectivity index (χ3v) is 7.49. The van der Waals surface area contributed by atoms with E-state index in [4.69, 9.17) is 9.84 Å². The Morgan fingerprint density at radius 1 is 1.06 bits per heavy atom. The number of aliphatic carboxylic acids is 1. The number of likely N-dealkylation sites (tertiary alicyclic amines) is 1. The van der Waals surface area contributed by atoms with Gasteiger partial charge in [-0.1, -0.05) is 48.5 Å². The number of alkyl carbamates (subject to hydrolysis) is 1. The van der Waals surface area contributed by atoms with Gasteiger partial charge in [-0.05, 0) is 34.6 Å². The summed E-state index contributed by atoms with van der Waals surface area (Å²) in [6.07, 6.45) is 1.70. The highest BCUT2D eigenvalue weighted by Crippen LogP contribution is 2.44. The molecule has 0 atom stereocenters. The monoisotopic (exact) mass is 491 g/mol. The average Bonchev–Trinajstić information content (AvgIpc) is 3.43. The Morgan fingerprint density at radius 2 is 1.71 bits per heavy atom. The molecule has 0 radical (unpaired) electrons. The van der Waals surface area contributed by atoms with Gasteiger partial charge in [-0.2, -0.15) is 0 Å². The van der Waals surface area contributed by atoms with E-state index in [1.807, 2.05) is 24.3 Å². The molecule has 0 saturated carbocycles. The van der Waals surface area contributed by atoms with E-state index in [0.29, 0.717) is 29.4 Å². The van der Waals surface area contributed by atoms with Crippen LogP contribution in [0.1, 0.15) is 44.6 Å². The van der Waals surface area contributed by atoms with Crippen LogP contribution in [0.15, 0.2) is 54.7 Å². The molecule has 35 heavy (non-hydrogen) atoms. The van der Waals surface area contributed by atoms with E-state index < -0.39 is 12.1 Å². The molecule has 0 unspecified atom stereocenters. The molecule has 0 bridgehead atoms. The fraction of sp³-hybridized carbons (Fsp3) is 0.308. The number of nitrogens with zero attached hydrogens (tertiary/aromatic N) is 2. The number of carboxylic acid groups (broad SMARTS) is 1. The van der Waals surface area contributed by atoms with Crippen molar-refractivity contribution in [2.45, 2.75) is 25.3 Å². The topological polar surface area (TPSA) is 109 Å². The van der Waals surface area contributed by atoms with E-state index in [2.05, 4.69) is 34.6 Å². The summed E-state index contributed by atoms with van der Waals surface area (Å²) < 4.78 is 5.54. The number of hydrogen-bond donors (Lipinski definition) is 2. The second-order valence-corrected chi connectivity index (χ2v) is 9.92. The van der Waals surface area contributed by atoms with Gasteiger partial charge in [0, 0.05) is 25.4 Å². The zero-order valence-corrected chi connectivity index (χ0v) is 19.8. The number of carbonyl (C=O) groups excluding carboxylic acids is 2. The Bertz CT molecular complexity index is 1220. The van der Waals surface area contributed by atoms with E-state index in [-0.39, 0.29) is 37.3 Å². The normalized spacial score (nSPS) is 14.7. The molecule has 0 spiro atoms. The molecule has 2 aromatic carbocycles. The molecule has 5 rings (SSSR count). The van der Waals surface area contributed by atoms with Crippen molar-refractivity contribution in [2.75, 3.05) is 19.7 Å². The second-order valence-electron chi connectivity index (χ2n) is 8.81. The van der Waals surface area contributed by atoms with Crippen molar-refractivity contribution in [1.29, 1.82) is 0 Å². The molecule has 1 aromatic heterocycles. The molecule has 1 aliphatic carbocycles. The van der Waals surface area contributed by atoms with E-state index >= 15 is 0 Å². The molecule has 180 valence electrons. The van der Waals surface area contributed by atoms with Crippen molar-refractivity contribution >= 4 is 29.3 Å².